The minimum atomic E-state index is 0.431. The van der Waals surface area contributed by atoms with Crippen LogP contribution in [0.1, 0.15) is 65.8 Å². The fourth-order valence-electron chi connectivity index (χ4n) is 1.12. The van der Waals surface area contributed by atoms with Gasteiger partial charge in [-0.05, 0) is 31.2 Å². The van der Waals surface area contributed by atoms with E-state index < -0.39 is 0 Å². The summed E-state index contributed by atoms with van der Waals surface area (Å²) in [5, 5.41) is 7.21. The van der Waals surface area contributed by atoms with Gasteiger partial charge < -0.3 is 9.68 Å². The van der Waals surface area contributed by atoms with Crippen molar-refractivity contribution in [3.8, 4) is 0 Å². The summed E-state index contributed by atoms with van der Waals surface area (Å²) in [6.07, 6.45) is 7.23. The molecule has 1 aromatic rings. The van der Waals surface area contributed by atoms with Gasteiger partial charge in [0.15, 0.2) is 0 Å². The van der Waals surface area contributed by atoms with E-state index in [9.17, 15) is 0 Å². The maximum absolute atomic E-state index is 4.71. The molecule has 1 rings (SSSR count). The Balaban J connectivity index is 0. The first-order valence-corrected chi connectivity index (χ1v) is 8.75. The molecule has 0 aliphatic carbocycles. The molecular weight excluding hydrogens is 316 g/mol. The van der Waals surface area contributed by atoms with Gasteiger partial charge in [0.2, 0.25) is 0 Å². The maximum Gasteiger partial charge on any atom is 0.130 e. The third-order valence-corrected chi connectivity index (χ3v) is 2.34. The van der Waals surface area contributed by atoms with E-state index in [1.807, 2.05) is 40.1 Å². The highest BCUT2D eigenvalue weighted by Crippen LogP contribution is 2.06. The quantitative estimate of drug-likeness (QED) is 0.542. The van der Waals surface area contributed by atoms with Gasteiger partial charge in [-0.1, -0.05) is 51.9 Å². The largest absolute Gasteiger partial charge is 0.399 e. The number of hydrogen-bond donors (Lipinski definition) is 0. The van der Waals surface area contributed by atoms with Crippen LogP contribution in [-0.4, -0.2) is 36.1 Å². The van der Waals surface area contributed by atoms with E-state index in [0.29, 0.717) is 24.4 Å². The first kappa shape index (κ1) is 25.3. The fraction of sp³-hybridized carbons (Fsp3) is 0.684. The summed E-state index contributed by atoms with van der Waals surface area (Å²) < 4.78 is 0. The van der Waals surface area contributed by atoms with Crippen molar-refractivity contribution >= 4 is 12.4 Å². The van der Waals surface area contributed by atoms with Gasteiger partial charge in [-0.2, -0.15) is 0 Å². The Hall–Kier alpha value is -1.98. The lowest BCUT2D eigenvalue weighted by molar-refractivity contribution is 0.159. The molecule has 0 radical (unpaired) electrons. The van der Waals surface area contributed by atoms with Crippen LogP contribution >= 0.6 is 0 Å². The number of hydrogen-bond acceptors (Lipinski definition) is 6. The average Bonchev–Trinajstić information content (AvgIpc) is 2.54. The van der Waals surface area contributed by atoms with Gasteiger partial charge in [0, 0.05) is 30.7 Å². The summed E-state index contributed by atoms with van der Waals surface area (Å²) in [6.45, 7) is 16.9. The first-order valence-electron chi connectivity index (χ1n) is 8.75. The second kappa shape index (κ2) is 16.9. The second-order valence-electron chi connectivity index (χ2n) is 6.37. The number of nitrogens with zero attached hydrogens (tertiary/aromatic N) is 4. The van der Waals surface area contributed by atoms with Crippen molar-refractivity contribution in [2.24, 2.45) is 22.1 Å². The van der Waals surface area contributed by atoms with Crippen molar-refractivity contribution in [1.82, 2.24) is 9.97 Å². The van der Waals surface area contributed by atoms with Crippen molar-refractivity contribution < 1.29 is 9.68 Å². The zero-order chi connectivity index (χ0) is 19.7. The van der Waals surface area contributed by atoms with Crippen LogP contribution in [0.15, 0.2) is 22.7 Å². The van der Waals surface area contributed by atoms with E-state index >= 15 is 0 Å². The van der Waals surface area contributed by atoms with Crippen molar-refractivity contribution in [2.45, 2.75) is 61.3 Å². The molecule has 0 aromatic carbocycles. The van der Waals surface area contributed by atoms with E-state index in [0.717, 1.165) is 11.4 Å². The molecule has 1 aromatic heterocycles. The lowest BCUT2D eigenvalue weighted by Crippen LogP contribution is -1.95. The van der Waals surface area contributed by atoms with Crippen LogP contribution in [0.2, 0.25) is 0 Å². The standard InChI is InChI=1S/C8H12N2.C6H13NO.C5H11NO/c1-6(2)8-9-4-7(3)5-10-8;1-4-8-7-5-6(2)3;1-5(2)4-6-7-3/h4-6H,1-3H3;5-6H,4H2,1-3H3;4-5H,1-3H3. The molecule has 0 bridgehead atoms. The van der Waals surface area contributed by atoms with Gasteiger partial charge in [0.25, 0.3) is 0 Å². The third-order valence-electron chi connectivity index (χ3n) is 2.34. The van der Waals surface area contributed by atoms with E-state index in [1.54, 1.807) is 19.5 Å². The topological polar surface area (TPSA) is 69.0 Å². The molecule has 6 heteroatoms. The molecule has 0 saturated heterocycles. The molecule has 0 N–H and O–H groups in total. The van der Waals surface area contributed by atoms with Crippen LogP contribution in [0.3, 0.4) is 0 Å². The molecule has 0 aliphatic rings. The predicted octanol–water partition coefficient (Wildman–Crippen LogP) is 4.85. The molecule has 0 aliphatic heterocycles. The second-order valence-corrected chi connectivity index (χ2v) is 6.37. The summed E-state index contributed by atoms with van der Waals surface area (Å²) >= 11 is 0. The molecule has 0 saturated carbocycles. The predicted molar refractivity (Wildman–Crippen MR) is 106 cm³/mol. The normalized spacial score (nSPS) is 10.7. The Kier molecular flexibility index (Phi) is 17.0. The summed E-state index contributed by atoms with van der Waals surface area (Å²) in [6, 6.07) is 0. The Morgan fingerprint density at radius 3 is 1.76 bits per heavy atom. The smallest absolute Gasteiger partial charge is 0.130 e. The lowest BCUT2D eigenvalue weighted by Gasteiger charge is -2.00. The molecule has 0 amide bonds. The van der Waals surface area contributed by atoms with Gasteiger partial charge in [0.05, 0.1) is 0 Å². The van der Waals surface area contributed by atoms with Gasteiger partial charge in [-0.15, -0.1) is 0 Å². The summed E-state index contributed by atoms with van der Waals surface area (Å²) in [4.78, 5) is 17.5. The molecule has 0 spiro atoms. The summed E-state index contributed by atoms with van der Waals surface area (Å²) in [5.41, 5.74) is 1.12. The molecule has 0 fully saturated rings. The van der Waals surface area contributed by atoms with Crippen LogP contribution in [0, 0.1) is 18.8 Å². The molecule has 1 heterocycles. The highest BCUT2D eigenvalue weighted by Gasteiger charge is 1.99. The van der Waals surface area contributed by atoms with Crippen molar-refractivity contribution in [2.75, 3.05) is 13.7 Å². The average molecular weight is 353 g/mol. The molecule has 0 atom stereocenters. The van der Waals surface area contributed by atoms with Gasteiger partial charge in [-0.25, -0.2) is 9.97 Å². The van der Waals surface area contributed by atoms with Crippen molar-refractivity contribution in [3.63, 3.8) is 0 Å². The Labute approximate surface area is 153 Å². The molecule has 6 nitrogen and oxygen atoms in total. The monoisotopic (exact) mass is 352 g/mol. The summed E-state index contributed by atoms with van der Waals surface area (Å²) in [5.74, 6) is 2.33. The maximum atomic E-state index is 4.71. The highest BCUT2D eigenvalue weighted by atomic mass is 16.6. The fourth-order valence-corrected chi connectivity index (χ4v) is 1.12. The molecule has 25 heavy (non-hydrogen) atoms. The first-order chi connectivity index (χ1) is 11.7. The SMILES string of the molecule is CCON=CC(C)C.CON=CC(C)C.Cc1cnc(C(C)C)nc1. The Bertz CT molecular complexity index is 455. The zero-order valence-corrected chi connectivity index (χ0v) is 17.4. The van der Waals surface area contributed by atoms with Crippen LogP contribution in [0.25, 0.3) is 0 Å². The highest BCUT2D eigenvalue weighted by molar-refractivity contribution is 5.58. The van der Waals surface area contributed by atoms with Crippen LogP contribution in [-0.2, 0) is 9.68 Å². The van der Waals surface area contributed by atoms with Gasteiger partial charge in [0.1, 0.15) is 19.5 Å². The van der Waals surface area contributed by atoms with Gasteiger partial charge in [-0.3, -0.25) is 0 Å². The van der Waals surface area contributed by atoms with Crippen molar-refractivity contribution in [3.05, 3.63) is 23.8 Å². The zero-order valence-electron chi connectivity index (χ0n) is 17.4. The third kappa shape index (κ3) is 20.0. The van der Waals surface area contributed by atoms with E-state index in [4.69, 9.17) is 4.84 Å². The minimum Gasteiger partial charge on any atom is -0.399 e. The lowest BCUT2D eigenvalue weighted by atomic mass is 10.2. The Morgan fingerprint density at radius 2 is 1.44 bits per heavy atom. The molecule has 0 unspecified atom stereocenters. The number of aryl methyl sites for hydroxylation is 1. The van der Waals surface area contributed by atoms with Crippen LogP contribution in [0.4, 0.5) is 0 Å². The van der Waals surface area contributed by atoms with Crippen LogP contribution in [0.5, 0.6) is 0 Å². The molecular formula is C19H36N4O2. The van der Waals surface area contributed by atoms with Crippen LogP contribution < -0.4 is 0 Å². The Morgan fingerprint density at radius 1 is 0.960 bits per heavy atom. The number of oxime groups is 2. The van der Waals surface area contributed by atoms with E-state index in [1.165, 1.54) is 0 Å². The van der Waals surface area contributed by atoms with E-state index in [2.05, 4.69) is 52.8 Å². The molecule has 144 valence electrons. The number of aromatic nitrogens is 2. The minimum absolute atomic E-state index is 0.431. The van der Waals surface area contributed by atoms with Gasteiger partial charge >= 0.3 is 0 Å². The van der Waals surface area contributed by atoms with E-state index in [-0.39, 0.29) is 0 Å². The van der Waals surface area contributed by atoms with Crippen molar-refractivity contribution in [1.29, 1.82) is 0 Å². The number of rotatable bonds is 6. The summed E-state index contributed by atoms with van der Waals surface area (Å²) in [7, 11) is 1.54.